The number of halogens is 3. The Labute approximate surface area is 124 Å². The van der Waals surface area contributed by atoms with Crippen molar-refractivity contribution in [2.75, 3.05) is 12.4 Å². The van der Waals surface area contributed by atoms with E-state index in [-0.39, 0.29) is 17.7 Å². The molecule has 0 aliphatic heterocycles. The van der Waals surface area contributed by atoms with E-state index < -0.39 is 0 Å². The molecule has 2 aromatic rings. The number of ether oxygens (including phenoxy) is 1. The first kappa shape index (κ1) is 14.8. The van der Waals surface area contributed by atoms with E-state index in [0.29, 0.717) is 21.5 Å². The molecule has 0 bridgehead atoms. The predicted molar refractivity (Wildman–Crippen MR) is 79.1 cm³/mol. The topological polar surface area (TPSA) is 21.3 Å². The summed E-state index contributed by atoms with van der Waals surface area (Å²) in [6.45, 7) is 1.82. The van der Waals surface area contributed by atoms with Gasteiger partial charge >= 0.3 is 0 Å². The van der Waals surface area contributed by atoms with Crippen LogP contribution in [0.25, 0.3) is 0 Å². The van der Waals surface area contributed by atoms with Crippen LogP contribution in [0.5, 0.6) is 5.75 Å². The molecular weight excluding hydrogens is 328 g/mol. The Kier molecular flexibility index (Phi) is 4.60. The van der Waals surface area contributed by atoms with Crippen molar-refractivity contribution >= 4 is 21.6 Å². The van der Waals surface area contributed by atoms with Gasteiger partial charge < -0.3 is 10.1 Å². The van der Waals surface area contributed by atoms with Gasteiger partial charge in [-0.3, -0.25) is 0 Å². The van der Waals surface area contributed by atoms with E-state index in [4.69, 9.17) is 4.74 Å². The van der Waals surface area contributed by atoms with Gasteiger partial charge in [-0.05, 0) is 53.2 Å². The van der Waals surface area contributed by atoms with Crippen molar-refractivity contribution in [1.82, 2.24) is 0 Å². The monoisotopic (exact) mass is 341 g/mol. The van der Waals surface area contributed by atoms with E-state index in [1.54, 1.807) is 18.2 Å². The molecule has 0 aliphatic rings. The zero-order valence-corrected chi connectivity index (χ0v) is 12.7. The largest absolute Gasteiger partial charge is 0.496 e. The van der Waals surface area contributed by atoms with Gasteiger partial charge in [-0.15, -0.1) is 0 Å². The van der Waals surface area contributed by atoms with E-state index >= 15 is 0 Å². The van der Waals surface area contributed by atoms with Crippen LogP contribution in [0.1, 0.15) is 18.5 Å². The summed E-state index contributed by atoms with van der Waals surface area (Å²) >= 11 is 3.27. The molecule has 0 saturated heterocycles. The maximum absolute atomic E-state index is 14.0. The van der Waals surface area contributed by atoms with Gasteiger partial charge in [0.15, 0.2) is 0 Å². The normalized spacial score (nSPS) is 12.1. The lowest BCUT2D eigenvalue weighted by Gasteiger charge is -2.19. The number of benzene rings is 2. The Bertz CT molecular complexity index is 619. The van der Waals surface area contributed by atoms with Gasteiger partial charge in [0.2, 0.25) is 0 Å². The molecule has 5 heteroatoms. The van der Waals surface area contributed by atoms with Crippen LogP contribution in [0.4, 0.5) is 14.5 Å². The maximum atomic E-state index is 14.0. The number of rotatable bonds is 4. The summed E-state index contributed by atoms with van der Waals surface area (Å²) in [7, 11) is 1.50. The minimum absolute atomic E-state index is 0.326. The lowest BCUT2D eigenvalue weighted by molar-refractivity contribution is 0.402. The highest BCUT2D eigenvalue weighted by atomic mass is 79.9. The van der Waals surface area contributed by atoms with Crippen molar-refractivity contribution in [3.63, 3.8) is 0 Å². The average Bonchev–Trinajstić information content (AvgIpc) is 2.41. The Morgan fingerprint density at radius 1 is 1.20 bits per heavy atom. The molecule has 106 valence electrons. The molecule has 2 nitrogen and oxygen atoms in total. The Morgan fingerprint density at radius 2 is 1.95 bits per heavy atom. The second-order valence-corrected chi connectivity index (χ2v) is 5.20. The van der Waals surface area contributed by atoms with Gasteiger partial charge in [-0.25, -0.2) is 8.78 Å². The highest BCUT2D eigenvalue weighted by molar-refractivity contribution is 9.10. The quantitative estimate of drug-likeness (QED) is 0.853. The second-order valence-electron chi connectivity index (χ2n) is 4.35. The summed E-state index contributed by atoms with van der Waals surface area (Å²) < 4.78 is 32.8. The highest BCUT2D eigenvalue weighted by Crippen LogP contribution is 2.32. The molecule has 0 fully saturated rings. The van der Waals surface area contributed by atoms with Crippen molar-refractivity contribution < 1.29 is 13.5 Å². The molecule has 0 amide bonds. The summed E-state index contributed by atoms with van der Waals surface area (Å²) in [6, 6.07) is 8.66. The van der Waals surface area contributed by atoms with Gasteiger partial charge in [-0.1, -0.05) is 6.07 Å². The standard InChI is InChI=1S/C15H14BrF2NO/c1-9(15-12(18)4-3-5-14(15)20-2)19-13-7-6-10(17)8-11(13)16/h3-9,19H,1-2H3. The van der Waals surface area contributed by atoms with Gasteiger partial charge in [0, 0.05) is 10.2 Å². The lowest BCUT2D eigenvalue weighted by Crippen LogP contribution is -2.10. The highest BCUT2D eigenvalue weighted by Gasteiger charge is 2.17. The zero-order valence-electron chi connectivity index (χ0n) is 11.1. The van der Waals surface area contributed by atoms with Crippen LogP contribution >= 0.6 is 15.9 Å². The third kappa shape index (κ3) is 3.10. The molecule has 0 aliphatic carbocycles. The molecule has 2 aromatic carbocycles. The van der Waals surface area contributed by atoms with Crippen molar-refractivity contribution in [2.24, 2.45) is 0 Å². The first-order valence-corrected chi connectivity index (χ1v) is 6.86. The van der Waals surface area contributed by atoms with E-state index in [1.807, 2.05) is 6.92 Å². The number of anilines is 1. The summed E-state index contributed by atoms with van der Waals surface area (Å²) in [5.74, 6) is -0.204. The summed E-state index contributed by atoms with van der Waals surface area (Å²) in [5.41, 5.74) is 1.12. The Morgan fingerprint density at radius 3 is 2.60 bits per heavy atom. The van der Waals surface area contributed by atoms with Crippen LogP contribution in [0.3, 0.4) is 0 Å². The molecule has 20 heavy (non-hydrogen) atoms. The van der Waals surface area contributed by atoms with Crippen LogP contribution in [-0.4, -0.2) is 7.11 Å². The molecule has 0 spiro atoms. The first-order valence-electron chi connectivity index (χ1n) is 6.07. The minimum atomic E-state index is -0.345. The van der Waals surface area contributed by atoms with E-state index in [1.165, 1.54) is 25.3 Å². The first-order chi connectivity index (χ1) is 9.52. The minimum Gasteiger partial charge on any atom is -0.496 e. The average molecular weight is 342 g/mol. The molecule has 1 N–H and O–H groups in total. The van der Waals surface area contributed by atoms with E-state index in [9.17, 15) is 8.78 Å². The van der Waals surface area contributed by atoms with Gasteiger partial charge in [0.1, 0.15) is 17.4 Å². The van der Waals surface area contributed by atoms with E-state index in [0.717, 1.165) is 0 Å². The predicted octanol–water partition coefficient (Wildman–Crippen LogP) is 4.91. The van der Waals surface area contributed by atoms with Crippen LogP contribution in [0.15, 0.2) is 40.9 Å². The zero-order chi connectivity index (χ0) is 14.7. The summed E-state index contributed by atoms with van der Waals surface area (Å²) in [5, 5.41) is 3.14. The molecule has 2 rings (SSSR count). The molecule has 0 heterocycles. The molecule has 0 radical (unpaired) electrons. The molecule has 1 atom stereocenters. The smallest absolute Gasteiger partial charge is 0.132 e. The van der Waals surface area contributed by atoms with Crippen molar-refractivity contribution in [1.29, 1.82) is 0 Å². The van der Waals surface area contributed by atoms with Crippen LogP contribution in [0.2, 0.25) is 0 Å². The number of nitrogens with one attached hydrogen (secondary N) is 1. The fourth-order valence-electron chi connectivity index (χ4n) is 2.03. The van der Waals surface area contributed by atoms with Crippen LogP contribution in [0, 0.1) is 11.6 Å². The fraction of sp³-hybridized carbons (Fsp3) is 0.200. The summed E-state index contributed by atoms with van der Waals surface area (Å²) in [4.78, 5) is 0. The fourth-order valence-corrected chi connectivity index (χ4v) is 2.49. The third-order valence-electron chi connectivity index (χ3n) is 2.97. The van der Waals surface area contributed by atoms with Crippen molar-refractivity contribution in [3.8, 4) is 5.75 Å². The third-order valence-corrected chi connectivity index (χ3v) is 3.63. The maximum Gasteiger partial charge on any atom is 0.132 e. The van der Waals surface area contributed by atoms with Gasteiger partial charge in [-0.2, -0.15) is 0 Å². The van der Waals surface area contributed by atoms with E-state index in [2.05, 4.69) is 21.2 Å². The Balaban J connectivity index is 2.30. The molecule has 0 aromatic heterocycles. The van der Waals surface area contributed by atoms with Crippen molar-refractivity contribution in [3.05, 3.63) is 58.1 Å². The van der Waals surface area contributed by atoms with Gasteiger partial charge in [0.25, 0.3) is 0 Å². The van der Waals surface area contributed by atoms with Crippen molar-refractivity contribution in [2.45, 2.75) is 13.0 Å². The Hall–Kier alpha value is -1.62. The molecular formula is C15H14BrF2NO. The number of methoxy groups -OCH3 is 1. The van der Waals surface area contributed by atoms with Gasteiger partial charge in [0.05, 0.1) is 18.7 Å². The molecule has 0 saturated carbocycles. The van der Waals surface area contributed by atoms with Crippen LogP contribution in [-0.2, 0) is 0 Å². The molecule has 1 unspecified atom stereocenters. The SMILES string of the molecule is COc1cccc(F)c1C(C)Nc1ccc(F)cc1Br. The summed E-state index contributed by atoms with van der Waals surface area (Å²) in [6.07, 6.45) is 0. The number of hydrogen-bond donors (Lipinski definition) is 1. The van der Waals surface area contributed by atoms with Crippen LogP contribution < -0.4 is 10.1 Å². The second kappa shape index (κ2) is 6.22. The number of hydrogen-bond acceptors (Lipinski definition) is 2. The lowest BCUT2D eigenvalue weighted by atomic mass is 10.1.